The van der Waals surface area contributed by atoms with Crippen LogP contribution in [0.4, 0.5) is 23.2 Å². The molecule has 0 aromatic heterocycles. The Morgan fingerprint density at radius 2 is 1.66 bits per heavy atom. The van der Waals surface area contributed by atoms with E-state index in [1.165, 1.54) is 11.0 Å². The van der Waals surface area contributed by atoms with Crippen molar-refractivity contribution in [2.24, 2.45) is 5.73 Å². The molecule has 7 heteroatoms. The highest BCUT2D eigenvalue weighted by atomic mass is 19.4. The van der Waals surface area contributed by atoms with E-state index in [0.717, 1.165) is 23.3 Å². The number of hydrogen-bond acceptors (Lipinski definition) is 2. The second-order valence-electron chi connectivity index (χ2n) is 7.71. The summed E-state index contributed by atoms with van der Waals surface area (Å²) in [6.07, 6.45) is -4.69. The Morgan fingerprint density at radius 3 is 2.28 bits per heavy atom. The summed E-state index contributed by atoms with van der Waals surface area (Å²) < 4.78 is 52.9. The summed E-state index contributed by atoms with van der Waals surface area (Å²) in [5, 5.41) is 0. The zero-order valence-electron chi connectivity index (χ0n) is 17.8. The topological polar surface area (TPSA) is 46.3 Å². The quantitative estimate of drug-likeness (QED) is 0.493. The van der Waals surface area contributed by atoms with E-state index in [4.69, 9.17) is 5.73 Å². The van der Waals surface area contributed by atoms with Crippen molar-refractivity contribution in [2.45, 2.75) is 32.5 Å². The maximum absolute atomic E-state index is 13.6. The molecule has 0 spiro atoms. The van der Waals surface area contributed by atoms with Crippen molar-refractivity contribution >= 4 is 11.6 Å². The summed E-state index contributed by atoms with van der Waals surface area (Å²) in [5.41, 5.74) is 8.42. The first-order chi connectivity index (χ1) is 15.1. The molecule has 3 aromatic carbocycles. The molecule has 0 heterocycles. The molecule has 0 saturated carbocycles. The van der Waals surface area contributed by atoms with Gasteiger partial charge < -0.3 is 10.6 Å². The number of aryl methyl sites for hydroxylation is 2. The summed E-state index contributed by atoms with van der Waals surface area (Å²) in [7, 11) is 0. The summed E-state index contributed by atoms with van der Waals surface area (Å²) >= 11 is 0. The first-order valence-electron chi connectivity index (χ1n) is 10.1. The molecule has 0 aliphatic heterocycles. The Kier molecular flexibility index (Phi) is 6.99. The summed E-state index contributed by atoms with van der Waals surface area (Å²) in [5.74, 6) is -1.70. The third kappa shape index (κ3) is 5.34. The first-order valence-corrected chi connectivity index (χ1v) is 10.1. The molecule has 1 unspecified atom stereocenters. The van der Waals surface area contributed by atoms with Crippen LogP contribution >= 0.6 is 0 Å². The van der Waals surface area contributed by atoms with Crippen LogP contribution in [0.25, 0.3) is 0 Å². The van der Waals surface area contributed by atoms with Gasteiger partial charge in [-0.05, 0) is 66.8 Å². The largest absolute Gasteiger partial charge is 0.419 e. The van der Waals surface area contributed by atoms with Gasteiger partial charge in [0.15, 0.2) is 0 Å². The molecular formula is C25H24F4N2O. The number of carbonyl (C=O) groups is 1. The van der Waals surface area contributed by atoms with Crippen LogP contribution in [0.1, 0.15) is 33.9 Å². The van der Waals surface area contributed by atoms with Gasteiger partial charge in [0.2, 0.25) is 5.91 Å². The third-order valence-electron chi connectivity index (χ3n) is 5.45. The van der Waals surface area contributed by atoms with Gasteiger partial charge in [0.1, 0.15) is 11.9 Å². The van der Waals surface area contributed by atoms with E-state index in [1.807, 2.05) is 32.0 Å². The number of carbonyl (C=O) groups excluding carboxylic acids is 1. The van der Waals surface area contributed by atoms with E-state index in [9.17, 15) is 22.4 Å². The minimum Gasteiger partial charge on any atom is -0.316 e. The highest BCUT2D eigenvalue weighted by molar-refractivity contribution is 5.97. The fourth-order valence-corrected chi connectivity index (χ4v) is 3.42. The molecule has 0 aliphatic rings. The van der Waals surface area contributed by atoms with Crippen LogP contribution in [-0.2, 0) is 17.4 Å². The van der Waals surface area contributed by atoms with Crippen LogP contribution < -0.4 is 10.6 Å². The van der Waals surface area contributed by atoms with Crippen LogP contribution in [-0.4, -0.2) is 12.5 Å². The van der Waals surface area contributed by atoms with Crippen molar-refractivity contribution in [2.75, 3.05) is 11.4 Å². The summed E-state index contributed by atoms with van der Waals surface area (Å²) in [4.78, 5) is 14.8. The van der Waals surface area contributed by atoms with E-state index in [1.54, 1.807) is 30.3 Å². The number of halogens is 4. The maximum atomic E-state index is 13.6. The fraction of sp³-hybridized carbons (Fsp3) is 0.240. The fourth-order valence-electron chi connectivity index (χ4n) is 3.42. The lowest BCUT2D eigenvalue weighted by atomic mass is 10.0. The number of hydrogen-bond donors (Lipinski definition) is 1. The van der Waals surface area contributed by atoms with Crippen molar-refractivity contribution in [3.05, 3.63) is 100 Å². The van der Waals surface area contributed by atoms with Gasteiger partial charge in [0.05, 0.1) is 5.56 Å². The van der Waals surface area contributed by atoms with Gasteiger partial charge in [-0.3, -0.25) is 4.79 Å². The van der Waals surface area contributed by atoms with Gasteiger partial charge in [0, 0.05) is 12.2 Å². The predicted octanol–water partition coefficient (Wildman–Crippen LogP) is 5.74. The first kappa shape index (κ1) is 23.5. The normalized spacial score (nSPS) is 12.5. The summed E-state index contributed by atoms with van der Waals surface area (Å²) in [6, 6.07) is 16.3. The Balaban J connectivity index is 1.91. The minimum atomic E-state index is -4.79. The molecule has 3 nitrogen and oxygen atoms in total. The van der Waals surface area contributed by atoms with Crippen LogP contribution in [0.3, 0.4) is 0 Å². The Hall–Kier alpha value is -3.19. The van der Waals surface area contributed by atoms with Gasteiger partial charge in [0.25, 0.3) is 0 Å². The van der Waals surface area contributed by atoms with E-state index in [-0.39, 0.29) is 24.4 Å². The van der Waals surface area contributed by atoms with E-state index < -0.39 is 23.6 Å². The standard InChI is InChI=1S/C25H24F4N2O/c1-16-8-10-20(14-17(16)2)31(24(32)23(30)19-6-4-3-5-7-19)13-12-18-9-11-22(26)21(15-18)25(27,28)29/h3-11,14-15,23H,12-13,30H2,1-2H3. The smallest absolute Gasteiger partial charge is 0.316 e. The molecule has 2 N–H and O–H groups in total. The molecule has 32 heavy (non-hydrogen) atoms. The lowest BCUT2D eigenvalue weighted by Crippen LogP contribution is -2.40. The second-order valence-corrected chi connectivity index (χ2v) is 7.71. The molecule has 3 rings (SSSR count). The lowest BCUT2D eigenvalue weighted by molar-refractivity contribution is -0.140. The Morgan fingerprint density at radius 1 is 0.969 bits per heavy atom. The number of anilines is 1. The van der Waals surface area contributed by atoms with Gasteiger partial charge in [-0.15, -0.1) is 0 Å². The second kappa shape index (κ2) is 9.53. The lowest BCUT2D eigenvalue weighted by Gasteiger charge is -2.27. The minimum absolute atomic E-state index is 0.0881. The monoisotopic (exact) mass is 444 g/mol. The van der Waals surface area contributed by atoms with Crippen LogP contribution in [0, 0.1) is 19.7 Å². The number of rotatable bonds is 6. The SMILES string of the molecule is Cc1ccc(N(CCc2ccc(F)c(C(F)(F)F)c2)C(=O)C(N)c2ccccc2)cc1C. The highest BCUT2D eigenvalue weighted by Crippen LogP contribution is 2.32. The number of nitrogens with two attached hydrogens (primary N) is 1. The van der Waals surface area contributed by atoms with Crippen molar-refractivity contribution < 1.29 is 22.4 Å². The molecule has 1 atom stereocenters. The molecule has 0 radical (unpaired) electrons. The van der Waals surface area contributed by atoms with Crippen molar-refractivity contribution in [1.29, 1.82) is 0 Å². The molecular weight excluding hydrogens is 420 g/mol. The molecule has 168 valence electrons. The molecule has 0 fully saturated rings. The maximum Gasteiger partial charge on any atom is 0.419 e. The van der Waals surface area contributed by atoms with Crippen molar-refractivity contribution in [3.8, 4) is 0 Å². The Bertz CT molecular complexity index is 1100. The predicted molar refractivity (Wildman–Crippen MR) is 117 cm³/mol. The van der Waals surface area contributed by atoms with Gasteiger partial charge in [-0.1, -0.05) is 42.5 Å². The molecule has 0 saturated heterocycles. The average molecular weight is 444 g/mol. The van der Waals surface area contributed by atoms with Crippen molar-refractivity contribution in [3.63, 3.8) is 0 Å². The van der Waals surface area contributed by atoms with Gasteiger partial charge in [-0.2, -0.15) is 13.2 Å². The number of amides is 1. The molecule has 1 amide bonds. The van der Waals surface area contributed by atoms with E-state index in [2.05, 4.69) is 0 Å². The third-order valence-corrected chi connectivity index (χ3v) is 5.45. The summed E-state index contributed by atoms with van der Waals surface area (Å²) in [6.45, 7) is 3.94. The van der Waals surface area contributed by atoms with Crippen LogP contribution in [0.5, 0.6) is 0 Å². The van der Waals surface area contributed by atoms with Gasteiger partial charge in [-0.25, -0.2) is 4.39 Å². The molecule has 0 bridgehead atoms. The zero-order chi connectivity index (χ0) is 23.5. The number of nitrogens with zero attached hydrogens (tertiary/aromatic N) is 1. The highest BCUT2D eigenvalue weighted by Gasteiger charge is 2.34. The zero-order valence-corrected chi connectivity index (χ0v) is 17.8. The molecule has 3 aromatic rings. The number of alkyl halides is 3. The van der Waals surface area contributed by atoms with Crippen LogP contribution in [0.15, 0.2) is 66.7 Å². The van der Waals surface area contributed by atoms with Crippen molar-refractivity contribution in [1.82, 2.24) is 0 Å². The van der Waals surface area contributed by atoms with Gasteiger partial charge >= 0.3 is 6.18 Å². The number of benzene rings is 3. The van der Waals surface area contributed by atoms with E-state index in [0.29, 0.717) is 11.3 Å². The molecule has 0 aliphatic carbocycles. The van der Waals surface area contributed by atoms with E-state index >= 15 is 0 Å². The van der Waals surface area contributed by atoms with Crippen LogP contribution in [0.2, 0.25) is 0 Å². The Labute approximate surface area is 184 Å². The average Bonchev–Trinajstić information content (AvgIpc) is 2.76.